The molecule has 3 aromatic rings. The average Bonchev–Trinajstić information content (AvgIpc) is 2.72. The first kappa shape index (κ1) is 21.3. The quantitative estimate of drug-likeness (QED) is 0.580. The lowest BCUT2D eigenvalue weighted by Crippen LogP contribution is -2.24. The Balaban J connectivity index is 1.89. The number of nitrogens with one attached hydrogen (secondary N) is 1. The van der Waals surface area contributed by atoms with Gasteiger partial charge in [-0.05, 0) is 54.1 Å². The molecule has 0 aromatic heterocycles. The van der Waals surface area contributed by atoms with Crippen LogP contribution < -0.4 is 10.1 Å². The van der Waals surface area contributed by atoms with Crippen molar-refractivity contribution in [1.29, 1.82) is 0 Å². The maximum atomic E-state index is 14.3. The van der Waals surface area contributed by atoms with Crippen LogP contribution in [0, 0.1) is 11.6 Å². The van der Waals surface area contributed by atoms with E-state index in [1.165, 1.54) is 31.4 Å². The van der Waals surface area contributed by atoms with E-state index in [0.29, 0.717) is 16.9 Å². The molecular formula is C22H16ClF2NO4. The molecule has 3 rings (SSSR count). The molecular weight excluding hydrogens is 416 g/mol. The summed E-state index contributed by atoms with van der Waals surface area (Å²) in [7, 11) is 1.44. The topological polar surface area (TPSA) is 75.6 Å². The van der Waals surface area contributed by atoms with E-state index in [2.05, 4.69) is 5.32 Å². The molecule has 0 heterocycles. The third-order valence-corrected chi connectivity index (χ3v) is 4.65. The van der Waals surface area contributed by atoms with Gasteiger partial charge in [0.15, 0.2) is 0 Å². The van der Waals surface area contributed by atoms with Crippen LogP contribution in [0.2, 0.25) is 5.02 Å². The number of halogens is 3. The molecule has 0 aliphatic carbocycles. The van der Waals surface area contributed by atoms with E-state index < -0.39 is 23.5 Å². The third kappa shape index (κ3) is 4.58. The van der Waals surface area contributed by atoms with Gasteiger partial charge in [0.05, 0.1) is 18.2 Å². The number of benzene rings is 3. The van der Waals surface area contributed by atoms with Gasteiger partial charge in [-0.1, -0.05) is 17.7 Å². The van der Waals surface area contributed by atoms with Gasteiger partial charge in [0.2, 0.25) is 0 Å². The molecule has 0 bridgehead atoms. The highest BCUT2D eigenvalue weighted by Crippen LogP contribution is 2.29. The van der Waals surface area contributed by atoms with Crippen molar-refractivity contribution in [2.75, 3.05) is 7.11 Å². The van der Waals surface area contributed by atoms with Crippen LogP contribution in [-0.4, -0.2) is 24.1 Å². The molecule has 0 saturated carbocycles. The number of carbonyl (C=O) groups is 2. The standard InChI is InChI=1S/C22H16ClF2NO4/c1-30-20-7-3-12(17-9-13(22(28)29)2-6-18(17)24)8-14(20)11-26-21(27)16-5-4-15(23)10-19(16)25/h2-10H,11H2,1H3,(H,26,27)(H,28,29). The first-order valence-corrected chi connectivity index (χ1v) is 9.11. The molecule has 0 saturated heterocycles. The Morgan fingerprint density at radius 2 is 1.80 bits per heavy atom. The van der Waals surface area contributed by atoms with Crippen LogP contribution in [0.15, 0.2) is 54.6 Å². The van der Waals surface area contributed by atoms with Gasteiger partial charge in [0.25, 0.3) is 5.91 Å². The SMILES string of the molecule is COc1ccc(-c2cc(C(=O)O)ccc2F)cc1CNC(=O)c1ccc(Cl)cc1F. The summed E-state index contributed by atoms with van der Waals surface area (Å²) in [4.78, 5) is 23.5. The number of ether oxygens (including phenoxy) is 1. The fraction of sp³-hybridized carbons (Fsp3) is 0.0909. The molecule has 8 heteroatoms. The summed E-state index contributed by atoms with van der Waals surface area (Å²) in [6.07, 6.45) is 0. The van der Waals surface area contributed by atoms with Crippen LogP contribution in [0.1, 0.15) is 26.3 Å². The smallest absolute Gasteiger partial charge is 0.335 e. The molecule has 5 nitrogen and oxygen atoms in total. The average molecular weight is 432 g/mol. The van der Waals surface area contributed by atoms with E-state index in [1.807, 2.05) is 0 Å². The summed E-state index contributed by atoms with van der Waals surface area (Å²) >= 11 is 5.70. The van der Waals surface area contributed by atoms with Gasteiger partial charge in [-0.15, -0.1) is 0 Å². The molecule has 0 aliphatic heterocycles. The van der Waals surface area contributed by atoms with Gasteiger partial charge in [-0.3, -0.25) is 4.79 Å². The predicted molar refractivity (Wildman–Crippen MR) is 108 cm³/mol. The summed E-state index contributed by atoms with van der Waals surface area (Å²) < 4.78 is 33.5. The van der Waals surface area contributed by atoms with Crippen molar-refractivity contribution in [3.05, 3.63) is 87.9 Å². The second-order valence-corrected chi connectivity index (χ2v) is 6.77. The largest absolute Gasteiger partial charge is 0.496 e. The van der Waals surface area contributed by atoms with E-state index in [0.717, 1.165) is 12.1 Å². The first-order valence-electron chi connectivity index (χ1n) is 8.73. The zero-order valence-electron chi connectivity index (χ0n) is 15.7. The van der Waals surface area contributed by atoms with E-state index in [9.17, 15) is 18.4 Å². The normalized spacial score (nSPS) is 10.5. The number of methoxy groups -OCH3 is 1. The summed E-state index contributed by atoms with van der Waals surface area (Å²) in [5.74, 6) is -2.76. The summed E-state index contributed by atoms with van der Waals surface area (Å²) in [5, 5.41) is 11.9. The van der Waals surface area contributed by atoms with Crippen LogP contribution >= 0.6 is 11.6 Å². The van der Waals surface area contributed by atoms with Crippen LogP contribution in [0.25, 0.3) is 11.1 Å². The monoisotopic (exact) mass is 431 g/mol. The molecule has 0 spiro atoms. The predicted octanol–water partition coefficient (Wildman–Crippen LogP) is 4.92. The van der Waals surface area contributed by atoms with Crippen molar-refractivity contribution >= 4 is 23.5 Å². The number of amides is 1. The molecule has 0 radical (unpaired) electrons. The summed E-state index contributed by atoms with van der Waals surface area (Å²) in [6.45, 7) is -0.0296. The second kappa shape index (κ2) is 8.92. The highest BCUT2D eigenvalue weighted by molar-refractivity contribution is 6.30. The number of carboxylic acid groups (broad SMARTS) is 1. The Kier molecular flexibility index (Phi) is 6.32. The van der Waals surface area contributed by atoms with E-state index in [4.69, 9.17) is 21.4 Å². The van der Waals surface area contributed by atoms with Crippen molar-refractivity contribution in [3.63, 3.8) is 0 Å². The zero-order chi connectivity index (χ0) is 21.8. The lowest BCUT2D eigenvalue weighted by atomic mass is 9.99. The van der Waals surface area contributed by atoms with Crippen LogP contribution in [0.5, 0.6) is 5.75 Å². The van der Waals surface area contributed by atoms with Gasteiger partial charge >= 0.3 is 5.97 Å². The highest BCUT2D eigenvalue weighted by atomic mass is 35.5. The second-order valence-electron chi connectivity index (χ2n) is 6.33. The maximum Gasteiger partial charge on any atom is 0.335 e. The Hall–Kier alpha value is -3.45. The molecule has 1 amide bonds. The van der Waals surface area contributed by atoms with Crippen LogP contribution in [0.3, 0.4) is 0 Å². The fourth-order valence-corrected chi connectivity index (χ4v) is 3.07. The number of aromatic carboxylic acids is 1. The molecule has 30 heavy (non-hydrogen) atoms. The van der Waals surface area contributed by atoms with Gasteiger partial charge in [-0.25, -0.2) is 13.6 Å². The zero-order valence-corrected chi connectivity index (χ0v) is 16.5. The van der Waals surface area contributed by atoms with Crippen molar-refractivity contribution in [2.45, 2.75) is 6.54 Å². The Bertz CT molecular complexity index is 1130. The van der Waals surface area contributed by atoms with Gasteiger partial charge < -0.3 is 15.2 Å². The minimum atomic E-state index is -1.18. The van der Waals surface area contributed by atoms with E-state index in [-0.39, 0.29) is 28.3 Å². The summed E-state index contributed by atoms with van der Waals surface area (Å²) in [6, 6.07) is 11.9. The highest BCUT2D eigenvalue weighted by Gasteiger charge is 2.15. The Morgan fingerprint density at radius 1 is 1.03 bits per heavy atom. The fourth-order valence-electron chi connectivity index (χ4n) is 2.91. The van der Waals surface area contributed by atoms with Crippen LogP contribution in [0.4, 0.5) is 8.78 Å². The number of rotatable bonds is 6. The van der Waals surface area contributed by atoms with Crippen molar-refractivity contribution in [2.24, 2.45) is 0 Å². The minimum absolute atomic E-state index is 0.0296. The molecule has 0 atom stereocenters. The Morgan fingerprint density at radius 3 is 2.47 bits per heavy atom. The number of hydrogen-bond donors (Lipinski definition) is 2. The Labute approximate surface area is 175 Å². The van der Waals surface area contributed by atoms with Crippen molar-refractivity contribution in [1.82, 2.24) is 5.32 Å². The molecule has 2 N–H and O–H groups in total. The van der Waals surface area contributed by atoms with Gasteiger partial charge in [0.1, 0.15) is 17.4 Å². The maximum absolute atomic E-state index is 14.3. The third-order valence-electron chi connectivity index (χ3n) is 4.42. The van der Waals surface area contributed by atoms with Crippen molar-refractivity contribution in [3.8, 4) is 16.9 Å². The first-order chi connectivity index (χ1) is 14.3. The lowest BCUT2D eigenvalue weighted by molar-refractivity contribution is 0.0696. The number of hydrogen-bond acceptors (Lipinski definition) is 3. The number of carboxylic acids is 1. The minimum Gasteiger partial charge on any atom is -0.496 e. The molecule has 154 valence electrons. The lowest BCUT2D eigenvalue weighted by Gasteiger charge is -2.13. The van der Waals surface area contributed by atoms with E-state index in [1.54, 1.807) is 18.2 Å². The summed E-state index contributed by atoms with van der Waals surface area (Å²) in [5.41, 5.74) is 0.759. The molecule has 3 aromatic carbocycles. The van der Waals surface area contributed by atoms with Crippen LogP contribution in [-0.2, 0) is 6.54 Å². The van der Waals surface area contributed by atoms with Crippen molar-refractivity contribution < 1.29 is 28.2 Å². The van der Waals surface area contributed by atoms with Gasteiger partial charge in [0, 0.05) is 22.7 Å². The molecule has 0 fully saturated rings. The molecule has 0 unspecified atom stereocenters. The van der Waals surface area contributed by atoms with E-state index >= 15 is 0 Å². The van der Waals surface area contributed by atoms with Gasteiger partial charge in [-0.2, -0.15) is 0 Å². The number of carbonyl (C=O) groups excluding carboxylic acids is 1. The molecule has 0 aliphatic rings.